The Morgan fingerprint density at radius 3 is 2.47 bits per heavy atom. The van der Waals surface area contributed by atoms with E-state index in [1.165, 1.54) is 7.11 Å². The minimum absolute atomic E-state index is 0.123. The molecule has 7 heteroatoms. The average Bonchev–Trinajstić information content (AvgIpc) is 2.22. The number of carbonyl (C=O) groups excluding carboxylic acids is 2. The van der Waals surface area contributed by atoms with Crippen molar-refractivity contribution in [2.24, 2.45) is 11.5 Å². The van der Waals surface area contributed by atoms with Crippen LogP contribution in [0.3, 0.4) is 0 Å². The van der Waals surface area contributed by atoms with Gasteiger partial charge < -0.3 is 20.9 Å². The van der Waals surface area contributed by atoms with E-state index < -0.39 is 30.7 Å². The van der Waals surface area contributed by atoms with E-state index in [9.17, 15) is 14.0 Å². The predicted octanol–water partition coefficient (Wildman–Crippen LogP) is -1.28. The summed E-state index contributed by atoms with van der Waals surface area (Å²) < 4.78 is 20.9. The van der Waals surface area contributed by atoms with Crippen LogP contribution in [0.25, 0.3) is 0 Å². The highest BCUT2D eigenvalue weighted by molar-refractivity contribution is 5.81. The zero-order valence-corrected chi connectivity index (χ0v) is 8.44. The number of ether oxygens (including phenoxy) is 2. The number of methoxy groups -OCH3 is 1. The molecule has 88 valence electrons. The third-order valence-corrected chi connectivity index (χ3v) is 1.69. The fourth-order valence-electron chi connectivity index (χ4n) is 0.931. The van der Waals surface area contributed by atoms with Gasteiger partial charge in [0.05, 0.1) is 13.7 Å². The minimum Gasteiger partial charge on any atom is -0.468 e. The molecule has 0 radical (unpaired) electrons. The molecule has 0 spiro atoms. The summed E-state index contributed by atoms with van der Waals surface area (Å²) >= 11 is 0. The summed E-state index contributed by atoms with van der Waals surface area (Å²) in [7, 11) is 1.17. The SMILES string of the molecule is COC(=O)C(N)CC(OCCF)C(N)=O. The third kappa shape index (κ3) is 5.28. The number of amides is 1. The van der Waals surface area contributed by atoms with Crippen LogP contribution in [0.4, 0.5) is 4.39 Å². The van der Waals surface area contributed by atoms with Gasteiger partial charge >= 0.3 is 5.97 Å². The normalized spacial score (nSPS) is 14.3. The quantitative estimate of drug-likeness (QED) is 0.522. The molecule has 0 saturated heterocycles. The van der Waals surface area contributed by atoms with Crippen LogP contribution in [0.15, 0.2) is 0 Å². The molecule has 0 heterocycles. The van der Waals surface area contributed by atoms with Gasteiger partial charge in [-0.2, -0.15) is 0 Å². The molecule has 0 aliphatic carbocycles. The van der Waals surface area contributed by atoms with Crippen molar-refractivity contribution in [1.29, 1.82) is 0 Å². The highest BCUT2D eigenvalue weighted by atomic mass is 19.1. The van der Waals surface area contributed by atoms with E-state index in [2.05, 4.69) is 4.74 Å². The number of hydrogen-bond acceptors (Lipinski definition) is 5. The minimum atomic E-state index is -1.07. The van der Waals surface area contributed by atoms with Gasteiger partial charge in [-0.3, -0.25) is 9.59 Å². The number of halogens is 1. The predicted molar refractivity (Wildman–Crippen MR) is 49.5 cm³/mol. The highest BCUT2D eigenvalue weighted by Gasteiger charge is 2.24. The van der Waals surface area contributed by atoms with Crippen LogP contribution in [0.2, 0.25) is 0 Å². The molecular weight excluding hydrogens is 207 g/mol. The number of rotatable bonds is 7. The number of carbonyl (C=O) groups is 2. The zero-order valence-electron chi connectivity index (χ0n) is 8.44. The first-order chi connectivity index (χ1) is 7.02. The van der Waals surface area contributed by atoms with Crippen LogP contribution in [0, 0.1) is 0 Å². The van der Waals surface area contributed by atoms with E-state index in [1.54, 1.807) is 0 Å². The van der Waals surface area contributed by atoms with E-state index in [0.29, 0.717) is 0 Å². The van der Waals surface area contributed by atoms with Gasteiger partial charge in [0.15, 0.2) is 0 Å². The number of esters is 1. The lowest BCUT2D eigenvalue weighted by atomic mass is 10.1. The van der Waals surface area contributed by atoms with Crippen LogP contribution in [-0.4, -0.2) is 44.4 Å². The number of alkyl halides is 1. The van der Waals surface area contributed by atoms with Crippen molar-refractivity contribution in [2.75, 3.05) is 20.4 Å². The van der Waals surface area contributed by atoms with Crippen LogP contribution >= 0.6 is 0 Å². The third-order valence-electron chi connectivity index (χ3n) is 1.69. The molecule has 1 amide bonds. The Bertz CT molecular complexity index is 225. The number of nitrogens with two attached hydrogens (primary N) is 2. The summed E-state index contributed by atoms with van der Waals surface area (Å²) in [5, 5.41) is 0. The Kier molecular flexibility index (Phi) is 6.56. The van der Waals surface area contributed by atoms with Crippen LogP contribution in [0.1, 0.15) is 6.42 Å². The lowest BCUT2D eigenvalue weighted by Crippen LogP contribution is -2.41. The molecule has 0 fully saturated rings. The topological polar surface area (TPSA) is 105 Å². The first-order valence-corrected chi connectivity index (χ1v) is 4.33. The second-order valence-electron chi connectivity index (χ2n) is 2.82. The molecule has 2 atom stereocenters. The standard InChI is InChI=1S/C8H15FN2O4/c1-14-8(13)5(10)4-6(7(11)12)15-3-2-9/h5-6H,2-4,10H2,1H3,(H2,11,12). The molecule has 0 aliphatic heterocycles. The summed E-state index contributed by atoms with van der Waals surface area (Å²) in [5.74, 6) is -1.46. The average molecular weight is 222 g/mol. The Morgan fingerprint density at radius 2 is 2.07 bits per heavy atom. The largest absolute Gasteiger partial charge is 0.468 e. The molecule has 2 unspecified atom stereocenters. The van der Waals surface area contributed by atoms with Gasteiger partial charge in [-0.25, -0.2) is 4.39 Å². The highest BCUT2D eigenvalue weighted by Crippen LogP contribution is 2.02. The van der Waals surface area contributed by atoms with Crippen molar-refractivity contribution >= 4 is 11.9 Å². The zero-order chi connectivity index (χ0) is 11.8. The van der Waals surface area contributed by atoms with E-state index in [-0.39, 0.29) is 13.0 Å². The second kappa shape index (κ2) is 7.13. The van der Waals surface area contributed by atoms with Crippen molar-refractivity contribution < 1.29 is 23.5 Å². The van der Waals surface area contributed by atoms with Gasteiger partial charge in [0, 0.05) is 6.42 Å². The Morgan fingerprint density at radius 1 is 1.47 bits per heavy atom. The Hall–Kier alpha value is -1.21. The van der Waals surface area contributed by atoms with Crippen LogP contribution in [0.5, 0.6) is 0 Å². The fourth-order valence-corrected chi connectivity index (χ4v) is 0.931. The molecule has 0 bridgehead atoms. The van der Waals surface area contributed by atoms with E-state index in [4.69, 9.17) is 16.2 Å². The number of hydrogen-bond donors (Lipinski definition) is 2. The molecular formula is C8H15FN2O4. The fraction of sp³-hybridized carbons (Fsp3) is 0.750. The molecule has 0 aliphatic rings. The summed E-state index contributed by atoms with van der Waals surface area (Å²) in [6, 6.07) is -1.01. The summed E-state index contributed by atoms with van der Waals surface area (Å²) in [6.07, 6.45) is -1.20. The molecule has 0 aromatic rings. The lowest BCUT2D eigenvalue weighted by Gasteiger charge is -2.16. The summed E-state index contributed by atoms with van der Waals surface area (Å²) in [6.45, 7) is -1.00. The first kappa shape index (κ1) is 13.8. The Labute approximate surface area is 86.7 Å². The Balaban J connectivity index is 4.15. The van der Waals surface area contributed by atoms with Gasteiger partial charge in [0.1, 0.15) is 18.8 Å². The second-order valence-corrected chi connectivity index (χ2v) is 2.82. The van der Waals surface area contributed by atoms with Crippen molar-refractivity contribution in [1.82, 2.24) is 0 Å². The molecule has 0 aromatic heterocycles. The molecule has 4 N–H and O–H groups in total. The molecule has 0 saturated carbocycles. The maximum atomic E-state index is 11.8. The maximum absolute atomic E-state index is 11.8. The van der Waals surface area contributed by atoms with Crippen molar-refractivity contribution in [2.45, 2.75) is 18.6 Å². The van der Waals surface area contributed by atoms with E-state index in [0.717, 1.165) is 0 Å². The van der Waals surface area contributed by atoms with Crippen molar-refractivity contribution in [3.05, 3.63) is 0 Å². The molecule has 15 heavy (non-hydrogen) atoms. The molecule has 6 nitrogen and oxygen atoms in total. The maximum Gasteiger partial charge on any atom is 0.322 e. The number of primary amides is 1. The molecule has 0 rings (SSSR count). The van der Waals surface area contributed by atoms with Crippen molar-refractivity contribution in [3.8, 4) is 0 Å². The smallest absolute Gasteiger partial charge is 0.322 e. The van der Waals surface area contributed by atoms with Gasteiger partial charge in [-0.05, 0) is 0 Å². The monoisotopic (exact) mass is 222 g/mol. The molecule has 0 aromatic carbocycles. The van der Waals surface area contributed by atoms with Crippen LogP contribution < -0.4 is 11.5 Å². The van der Waals surface area contributed by atoms with Gasteiger partial charge in [-0.15, -0.1) is 0 Å². The van der Waals surface area contributed by atoms with Gasteiger partial charge in [0.25, 0.3) is 0 Å². The van der Waals surface area contributed by atoms with Crippen molar-refractivity contribution in [3.63, 3.8) is 0 Å². The van der Waals surface area contributed by atoms with E-state index in [1.807, 2.05) is 0 Å². The van der Waals surface area contributed by atoms with Gasteiger partial charge in [-0.1, -0.05) is 0 Å². The summed E-state index contributed by atoms with van der Waals surface area (Å²) in [5.41, 5.74) is 10.4. The van der Waals surface area contributed by atoms with E-state index >= 15 is 0 Å². The first-order valence-electron chi connectivity index (χ1n) is 4.33. The van der Waals surface area contributed by atoms with Crippen LogP contribution in [-0.2, 0) is 19.1 Å². The van der Waals surface area contributed by atoms with Gasteiger partial charge in [0.2, 0.25) is 5.91 Å². The lowest BCUT2D eigenvalue weighted by molar-refractivity contribution is -0.144. The summed E-state index contributed by atoms with van der Waals surface area (Å²) in [4.78, 5) is 21.7.